The van der Waals surface area contributed by atoms with E-state index in [9.17, 15) is 0 Å². The summed E-state index contributed by atoms with van der Waals surface area (Å²) < 4.78 is 7.09. The largest absolute Gasteiger partial charge is 0.455 e. The molecule has 3 aliphatic carbocycles. The number of nitrogens with zero attached hydrogens (tertiary/aromatic N) is 4. The minimum Gasteiger partial charge on any atom is -0.455 e. The molecule has 0 fully saturated rings. The number of allylic oxidation sites excluding steroid dienone is 9. The van der Waals surface area contributed by atoms with Gasteiger partial charge in [-0.3, -0.25) is 5.41 Å². The zero-order valence-corrected chi connectivity index (χ0v) is 44.0. The molecular formula is C69H63N5O. The van der Waals surface area contributed by atoms with Crippen molar-refractivity contribution < 1.29 is 4.42 Å². The molecule has 3 unspecified atom stereocenters. The summed E-state index contributed by atoms with van der Waals surface area (Å²) in [6.07, 6.45) is 14.9. The molecule has 9 aromatic rings. The maximum atomic E-state index is 9.09. The Morgan fingerprint density at radius 1 is 0.707 bits per heavy atom. The molecule has 7 aromatic carbocycles. The van der Waals surface area contributed by atoms with Gasteiger partial charge in [-0.1, -0.05) is 205 Å². The summed E-state index contributed by atoms with van der Waals surface area (Å²) in [6.45, 7) is 18.5. The van der Waals surface area contributed by atoms with Crippen molar-refractivity contribution in [3.8, 4) is 33.9 Å². The Balaban J connectivity index is 0.00000157. The third kappa shape index (κ3) is 8.84. The first kappa shape index (κ1) is 49.9. The van der Waals surface area contributed by atoms with E-state index in [1.165, 1.54) is 33.4 Å². The standard InChI is InChI=1S/C65H51N5O.2C2H6/c1-5-18-44(19-6-2)62-68-63(45-24-14-9-15-25-45)70-64(69-62)47-29-32-49-48-31-28-40(3)36-55(48)65(56(49)39-47)53-27-17-16-26-51(53)59-54(65)34-33-50-52-38-46(30-35-58(52)71-60(50)59)57(37-41(4)42-20-10-7-11-21-42)67-61(66)43-22-12-8-13-23-43;2*1-2/h5-17,19-27,29-40,44,66H,1,18,28H2,2-4H3;2*1-2H3/b19-6-,41-37+,66-61?,67-57?;;. The lowest BCUT2D eigenvalue weighted by molar-refractivity contribution is 0.668. The maximum absolute atomic E-state index is 9.09. The van der Waals surface area contributed by atoms with E-state index >= 15 is 0 Å². The lowest BCUT2D eigenvalue weighted by atomic mass is 9.68. The molecular weight excluding hydrogens is 915 g/mol. The number of furan rings is 1. The van der Waals surface area contributed by atoms with Gasteiger partial charge >= 0.3 is 0 Å². The molecule has 6 nitrogen and oxygen atoms in total. The fraction of sp³-hybridized carbons (Fsp3) is 0.174. The Labute approximate surface area is 441 Å². The third-order valence-corrected chi connectivity index (χ3v) is 14.5. The highest BCUT2D eigenvalue weighted by atomic mass is 16.3. The van der Waals surface area contributed by atoms with E-state index in [1.807, 2.05) is 107 Å². The van der Waals surface area contributed by atoms with E-state index in [4.69, 9.17) is 29.8 Å². The van der Waals surface area contributed by atoms with Crippen molar-refractivity contribution in [1.29, 1.82) is 5.41 Å². The van der Waals surface area contributed by atoms with Crippen molar-refractivity contribution in [2.24, 2.45) is 10.9 Å². The predicted molar refractivity (Wildman–Crippen MR) is 315 cm³/mol. The van der Waals surface area contributed by atoms with Crippen molar-refractivity contribution in [3.63, 3.8) is 0 Å². The van der Waals surface area contributed by atoms with Gasteiger partial charge in [0, 0.05) is 44.5 Å². The molecule has 0 saturated heterocycles. The van der Waals surface area contributed by atoms with Crippen LogP contribution in [0.4, 0.5) is 0 Å². The second-order valence-corrected chi connectivity index (χ2v) is 18.9. The molecule has 1 spiro atoms. The number of amidine groups is 1. The van der Waals surface area contributed by atoms with Gasteiger partial charge in [-0.05, 0) is 113 Å². The molecule has 0 radical (unpaired) electrons. The van der Waals surface area contributed by atoms with Crippen LogP contribution in [0.5, 0.6) is 0 Å². The number of benzene rings is 7. The van der Waals surface area contributed by atoms with Crippen LogP contribution in [0.1, 0.15) is 112 Å². The number of hydrogen-bond acceptors (Lipinski definition) is 5. The summed E-state index contributed by atoms with van der Waals surface area (Å²) in [6, 6.07) is 56.9. The zero-order valence-electron chi connectivity index (χ0n) is 44.0. The normalized spacial score (nSPS) is 16.7. The molecule has 3 atom stereocenters. The topological polar surface area (TPSA) is 88.0 Å². The number of nitrogens with one attached hydrogen (secondary N) is 1. The highest BCUT2D eigenvalue weighted by Crippen LogP contribution is 2.66. The molecule has 2 aromatic heterocycles. The average Bonchev–Trinajstić information content (AvgIpc) is 4.12. The minimum atomic E-state index is -0.623. The SMILES string of the molecule is C=CCC(/C=C\C)c1nc(-c2ccccc2)nc(-c2ccc3c(c2)C2(C4=CC(C)CC=C43)c3ccccc3-c3c2ccc2c3oc3ccc(C(/C=C(\C)c4ccccc4)=NC(=N)c4ccccc4)cc32)n1.CC.CC. The summed E-state index contributed by atoms with van der Waals surface area (Å²) in [4.78, 5) is 20.5. The average molecular weight is 978 g/mol. The fourth-order valence-corrected chi connectivity index (χ4v) is 11.2. The van der Waals surface area contributed by atoms with Crippen molar-refractivity contribution in [3.05, 3.63) is 257 Å². The van der Waals surface area contributed by atoms with Gasteiger partial charge in [0.2, 0.25) is 0 Å². The van der Waals surface area contributed by atoms with Crippen molar-refractivity contribution in [2.45, 2.75) is 72.6 Å². The Morgan fingerprint density at radius 3 is 2.11 bits per heavy atom. The van der Waals surface area contributed by atoms with Crippen LogP contribution >= 0.6 is 0 Å². The lowest BCUT2D eigenvalue weighted by Crippen LogP contribution is -2.27. The van der Waals surface area contributed by atoms with Gasteiger partial charge in [0.25, 0.3) is 0 Å². The highest BCUT2D eigenvalue weighted by Gasteiger charge is 2.54. The number of aliphatic imine (C=N–C) groups is 1. The van der Waals surface area contributed by atoms with Crippen LogP contribution in [0.15, 0.2) is 222 Å². The molecule has 0 saturated carbocycles. The fourth-order valence-electron chi connectivity index (χ4n) is 11.2. The smallest absolute Gasteiger partial charge is 0.163 e. The number of aromatic nitrogens is 3. The van der Waals surface area contributed by atoms with Crippen LogP contribution in [-0.4, -0.2) is 26.5 Å². The van der Waals surface area contributed by atoms with E-state index in [0.717, 1.165) is 78.7 Å². The summed E-state index contributed by atoms with van der Waals surface area (Å²) in [7, 11) is 0. The Bertz CT molecular complexity index is 3780. The first-order valence-corrected chi connectivity index (χ1v) is 26.5. The Kier molecular flexibility index (Phi) is 14.3. The molecule has 370 valence electrons. The zero-order chi connectivity index (χ0) is 52.2. The molecule has 75 heavy (non-hydrogen) atoms. The van der Waals surface area contributed by atoms with Gasteiger partial charge in [0.05, 0.1) is 11.1 Å². The van der Waals surface area contributed by atoms with Gasteiger partial charge < -0.3 is 4.42 Å². The molecule has 0 bridgehead atoms. The Hall–Kier alpha value is -8.61. The quantitative estimate of drug-likeness (QED) is 0.0840. The third-order valence-electron chi connectivity index (χ3n) is 14.5. The first-order chi connectivity index (χ1) is 36.8. The molecule has 2 heterocycles. The Morgan fingerprint density at radius 2 is 1.39 bits per heavy atom. The molecule has 1 N–H and O–H groups in total. The molecule has 6 heteroatoms. The van der Waals surface area contributed by atoms with E-state index in [1.54, 1.807) is 0 Å². The highest BCUT2D eigenvalue weighted by molar-refractivity contribution is 6.21. The second-order valence-electron chi connectivity index (χ2n) is 18.9. The molecule has 3 aliphatic rings. The predicted octanol–water partition coefficient (Wildman–Crippen LogP) is 18.0. The lowest BCUT2D eigenvalue weighted by Gasteiger charge is -2.32. The van der Waals surface area contributed by atoms with E-state index in [-0.39, 0.29) is 11.8 Å². The van der Waals surface area contributed by atoms with Crippen molar-refractivity contribution in [2.75, 3.05) is 0 Å². The van der Waals surface area contributed by atoms with Crippen LogP contribution in [-0.2, 0) is 5.41 Å². The van der Waals surface area contributed by atoms with Gasteiger partial charge in [-0.15, -0.1) is 6.58 Å². The van der Waals surface area contributed by atoms with Crippen LogP contribution < -0.4 is 0 Å². The summed E-state index contributed by atoms with van der Waals surface area (Å²) in [5.41, 5.74) is 17.2. The van der Waals surface area contributed by atoms with Crippen LogP contribution in [0.25, 0.3) is 67.0 Å². The number of fused-ring (bicyclic) bond motifs is 14. The van der Waals surface area contributed by atoms with Crippen molar-refractivity contribution >= 4 is 44.6 Å². The number of hydrogen-bond donors (Lipinski definition) is 1. The van der Waals surface area contributed by atoms with E-state index < -0.39 is 5.41 Å². The summed E-state index contributed by atoms with van der Waals surface area (Å²) in [5.74, 6) is 2.52. The summed E-state index contributed by atoms with van der Waals surface area (Å²) in [5, 5.41) is 11.1. The number of rotatable bonds is 10. The maximum Gasteiger partial charge on any atom is 0.163 e. The molecule has 0 amide bonds. The van der Waals surface area contributed by atoms with E-state index in [2.05, 4.69) is 148 Å². The second kappa shape index (κ2) is 21.5. The summed E-state index contributed by atoms with van der Waals surface area (Å²) >= 11 is 0. The minimum absolute atomic E-state index is 0.0467. The van der Waals surface area contributed by atoms with Gasteiger partial charge in [-0.2, -0.15) is 0 Å². The van der Waals surface area contributed by atoms with Crippen molar-refractivity contribution in [1.82, 2.24) is 15.0 Å². The van der Waals surface area contributed by atoms with Crippen LogP contribution in [0.2, 0.25) is 0 Å². The van der Waals surface area contributed by atoms with E-state index in [0.29, 0.717) is 29.7 Å². The van der Waals surface area contributed by atoms with Gasteiger partial charge in [-0.25, -0.2) is 19.9 Å². The first-order valence-electron chi connectivity index (χ1n) is 26.5. The van der Waals surface area contributed by atoms with Crippen LogP contribution in [0, 0.1) is 11.3 Å². The molecule has 12 rings (SSSR count). The van der Waals surface area contributed by atoms with Crippen LogP contribution in [0.3, 0.4) is 0 Å². The van der Waals surface area contributed by atoms with Gasteiger partial charge in [0.15, 0.2) is 17.5 Å². The van der Waals surface area contributed by atoms with Gasteiger partial charge in [0.1, 0.15) is 17.0 Å². The molecule has 0 aliphatic heterocycles. The monoisotopic (exact) mass is 978 g/mol.